The number of hydrogen-bond donors (Lipinski definition) is 2. The van der Waals surface area contributed by atoms with Gasteiger partial charge in [-0.3, -0.25) is 4.90 Å². The largest absolute Gasteiger partial charge is 0.618 e. The number of hydrogen-bond acceptors (Lipinski definition) is 6. The van der Waals surface area contributed by atoms with Crippen molar-refractivity contribution in [3.63, 3.8) is 0 Å². The maximum Gasteiger partial charge on any atom is 0.411 e. The van der Waals surface area contributed by atoms with E-state index in [0.29, 0.717) is 52.0 Å². The van der Waals surface area contributed by atoms with Crippen LogP contribution in [-0.4, -0.2) is 48.4 Å². The fourth-order valence-electron chi connectivity index (χ4n) is 5.22. The van der Waals surface area contributed by atoms with E-state index in [0.717, 1.165) is 26.3 Å². The minimum atomic E-state index is -1.03. The average molecular weight is 543 g/mol. The topological polar surface area (TPSA) is 140 Å². The van der Waals surface area contributed by atoms with E-state index in [-0.39, 0.29) is 0 Å². The fourth-order valence-corrected chi connectivity index (χ4v) is 5.40. The molecule has 6 rings (SSSR count). The molecule has 1 aliphatic rings. The van der Waals surface area contributed by atoms with Gasteiger partial charge in [0.15, 0.2) is 6.20 Å². The SMILES string of the molecule is CN(C(=O)O)c1ccc(-c2c[nH]c(C3(C)CCc4cc(-c5cc(Cl)ccc5-n5cnnn5)c[n+]([O-])c43)n2)cc1. The third kappa shape index (κ3) is 4.16. The minimum Gasteiger partial charge on any atom is -0.618 e. The lowest BCUT2D eigenvalue weighted by Gasteiger charge is -2.21. The first-order valence-corrected chi connectivity index (χ1v) is 12.6. The van der Waals surface area contributed by atoms with Crippen LogP contribution in [0, 0.1) is 5.21 Å². The lowest BCUT2D eigenvalue weighted by molar-refractivity contribution is -0.616. The number of carbonyl (C=O) groups is 1. The van der Waals surface area contributed by atoms with Crippen LogP contribution in [0.2, 0.25) is 5.02 Å². The van der Waals surface area contributed by atoms with E-state index in [1.165, 1.54) is 18.1 Å². The van der Waals surface area contributed by atoms with Crippen molar-refractivity contribution in [1.29, 1.82) is 0 Å². The van der Waals surface area contributed by atoms with Crippen molar-refractivity contribution in [3.05, 3.63) is 94.6 Å². The van der Waals surface area contributed by atoms with Crippen molar-refractivity contribution in [2.24, 2.45) is 0 Å². The molecule has 3 heterocycles. The molecule has 0 radical (unpaired) electrons. The van der Waals surface area contributed by atoms with E-state index in [1.54, 1.807) is 30.5 Å². The maximum atomic E-state index is 13.6. The number of aromatic nitrogens is 7. The number of aryl methyl sites for hydroxylation is 1. The van der Waals surface area contributed by atoms with E-state index in [1.807, 2.05) is 37.4 Å². The summed E-state index contributed by atoms with van der Waals surface area (Å²) in [4.78, 5) is 20.5. The van der Waals surface area contributed by atoms with Crippen molar-refractivity contribution >= 4 is 23.4 Å². The Hall–Kier alpha value is -4.77. The standard InChI is InChI=1S/C27H23ClN8O3/c1-27(25-29-13-22(31-25)16-3-6-20(7-4-16)34(2)26(37)38)10-9-17-11-18(14-36(39)24(17)27)21-12-19(28)5-8-23(21)35-15-30-32-33-35/h3-8,11-15H,9-10H2,1-2H3,(H,29,31)(H,37,38). The highest BCUT2D eigenvalue weighted by Gasteiger charge is 2.46. The molecule has 12 heteroatoms. The third-order valence-electron chi connectivity index (χ3n) is 7.33. The number of amides is 1. The first-order valence-electron chi connectivity index (χ1n) is 12.2. The summed E-state index contributed by atoms with van der Waals surface area (Å²) in [5.74, 6) is 0.692. The van der Waals surface area contributed by atoms with Gasteiger partial charge in [-0.05, 0) is 66.6 Å². The molecular weight excluding hydrogens is 520 g/mol. The highest BCUT2D eigenvalue weighted by atomic mass is 35.5. The number of imidazole rings is 1. The normalized spacial score (nSPS) is 16.3. The molecule has 0 fully saturated rings. The van der Waals surface area contributed by atoms with Gasteiger partial charge in [-0.15, -0.1) is 5.10 Å². The van der Waals surface area contributed by atoms with E-state index in [2.05, 4.69) is 20.5 Å². The molecule has 0 bridgehead atoms. The Bertz CT molecular complexity index is 1700. The average Bonchev–Trinajstić information content (AvgIpc) is 3.70. The zero-order chi connectivity index (χ0) is 27.3. The number of pyridine rings is 1. The Kier molecular flexibility index (Phi) is 5.80. The molecule has 0 spiro atoms. The van der Waals surface area contributed by atoms with E-state index < -0.39 is 11.5 Å². The monoisotopic (exact) mass is 542 g/mol. The lowest BCUT2D eigenvalue weighted by atomic mass is 9.86. The summed E-state index contributed by atoms with van der Waals surface area (Å²) < 4.78 is 2.47. The number of carboxylic acid groups (broad SMARTS) is 1. The lowest BCUT2D eigenvalue weighted by Crippen LogP contribution is -2.40. The summed E-state index contributed by atoms with van der Waals surface area (Å²) in [6, 6.07) is 14.5. The number of fused-ring (bicyclic) bond motifs is 1. The van der Waals surface area contributed by atoms with Gasteiger partial charge in [0.25, 0.3) is 0 Å². The summed E-state index contributed by atoms with van der Waals surface area (Å²) in [6.45, 7) is 2.02. The molecule has 0 saturated carbocycles. The molecule has 0 aliphatic heterocycles. The molecule has 39 heavy (non-hydrogen) atoms. The number of nitrogens with one attached hydrogen (secondary N) is 1. The summed E-state index contributed by atoms with van der Waals surface area (Å²) in [7, 11) is 1.49. The zero-order valence-corrected chi connectivity index (χ0v) is 21.8. The van der Waals surface area contributed by atoms with Crippen molar-refractivity contribution in [3.8, 4) is 28.1 Å². The second-order valence-electron chi connectivity index (χ2n) is 9.70. The van der Waals surface area contributed by atoms with Gasteiger partial charge in [0, 0.05) is 46.2 Å². The van der Waals surface area contributed by atoms with Crippen LogP contribution in [0.4, 0.5) is 10.5 Å². The van der Waals surface area contributed by atoms with Crippen LogP contribution in [0.5, 0.6) is 0 Å². The van der Waals surface area contributed by atoms with E-state index in [9.17, 15) is 15.1 Å². The molecule has 0 saturated heterocycles. The van der Waals surface area contributed by atoms with Gasteiger partial charge in [0.1, 0.15) is 17.6 Å². The van der Waals surface area contributed by atoms with Crippen molar-refractivity contribution < 1.29 is 14.6 Å². The predicted octanol–water partition coefficient (Wildman–Crippen LogP) is 4.37. The number of rotatable bonds is 5. The number of H-pyrrole nitrogens is 1. The molecular formula is C27H23ClN8O3. The fraction of sp³-hybridized carbons (Fsp3) is 0.185. The number of halogens is 1. The number of aromatic amines is 1. The number of nitrogens with zero attached hydrogens (tertiary/aromatic N) is 7. The Balaban J connectivity index is 1.35. The number of anilines is 1. The zero-order valence-electron chi connectivity index (χ0n) is 21.0. The van der Waals surface area contributed by atoms with Crippen LogP contribution >= 0.6 is 11.6 Å². The maximum absolute atomic E-state index is 13.6. The van der Waals surface area contributed by atoms with Crippen LogP contribution in [0.3, 0.4) is 0 Å². The van der Waals surface area contributed by atoms with E-state index >= 15 is 0 Å². The molecule has 11 nitrogen and oxygen atoms in total. The molecule has 1 amide bonds. The highest BCUT2D eigenvalue weighted by Crippen LogP contribution is 2.43. The van der Waals surface area contributed by atoms with Gasteiger partial charge in [-0.1, -0.05) is 23.7 Å². The van der Waals surface area contributed by atoms with Crippen LogP contribution in [0.25, 0.3) is 28.1 Å². The molecule has 1 atom stereocenters. The molecule has 1 aliphatic carbocycles. The summed E-state index contributed by atoms with van der Waals surface area (Å²) in [6.07, 6.45) is 5.24. The number of tetrazole rings is 1. The van der Waals surface area contributed by atoms with Crippen LogP contribution in [0.15, 0.2) is 67.3 Å². The van der Waals surface area contributed by atoms with Gasteiger partial charge in [-0.2, -0.15) is 9.41 Å². The van der Waals surface area contributed by atoms with E-state index in [4.69, 9.17) is 16.6 Å². The van der Waals surface area contributed by atoms with Crippen molar-refractivity contribution in [2.75, 3.05) is 11.9 Å². The van der Waals surface area contributed by atoms with Gasteiger partial charge in [0.05, 0.1) is 11.4 Å². The van der Waals surface area contributed by atoms with Crippen molar-refractivity contribution in [2.45, 2.75) is 25.2 Å². The quantitative estimate of drug-likeness (QED) is 0.248. The minimum absolute atomic E-state index is 0.537. The first kappa shape index (κ1) is 24.6. The third-order valence-corrected chi connectivity index (χ3v) is 7.57. The first-order chi connectivity index (χ1) is 18.7. The van der Waals surface area contributed by atoms with Gasteiger partial charge >= 0.3 is 6.09 Å². The Labute approximate surface area is 227 Å². The summed E-state index contributed by atoms with van der Waals surface area (Å²) in [5.41, 5.74) is 5.24. The second kappa shape index (κ2) is 9.21. The Morgan fingerprint density at radius 2 is 2.00 bits per heavy atom. The Morgan fingerprint density at radius 3 is 2.72 bits per heavy atom. The van der Waals surface area contributed by atoms with Crippen LogP contribution < -0.4 is 9.63 Å². The van der Waals surface area contributed by atoms with Crippen LogP contribution in [-0.2, 0) is 11.8 Å². The smallest absolute Gasteiger partial charge is 0.411 e. The molecule has 5 aromatic rings. The summed E-state index contributed by atoms with van der Waals surface area (Å²) in [5, 5.41) is 34.7. The molecule has 3 aromatic heterocycles. The molecule has 2 aromatic carbocycles. The number of benzene rings is 2. The van der Waals surface area contributed by atoms with Gasteiger partial charge in [-0.25, -0.2) is 9.78 Å². The second-order valence-corrected chi connectivity index (χ2v) is 10.1. The van der Waals surface area contributed by atoms with Crippen molar-refractivity contribution in [1.82, 2.24) is 30.2 Å². The summed E-state index contributed by atoms with van der Waals surface area (Å²) >= 11 is 6.31. The Morgan fingerprint density at radius 1 is 1.21 bits per heavy atom. The van der Waals surface area contributed by atoms with Gasteiger partial charge < -0.3 is 15.3 Å². The van der Waals surface area contributed by atoms with Gasteiger partial charge in [0.2, 0.25) is 5.69 Å². The predicted molar refractivity (Wildman–Crippen MR) is 144 cm³/mol. The molecule has 196 valence electrons. The highest BCUT2D eigenvalue weighted by molar-refractivity contribution is 6.31. The molecule has 1 unspecified atom stereocenters. The molecule has 2 N–H and O–H groups in total. The van der Waals surface area contributed by atoms with Crippen LogP contribution in [0.1, 0.15) is 30.4 Å².